The van der Waals surface area contributed by atoms with E-state index in [1.807, 2.05) is 0 Å². The van der Waals surface area contributed by atoms with Gasteiger partial charge in [-0.25, -0.2) is 0 Å². The van der Waals surface area contributed by atoms with Gasteiger partial charge in [0.05, 0.1) is 0 Å². The molecule has 0 saturated heterocycles. The maximum atomic E-state index is 12.9. The summed E-state index contributed by atoms with van der Waals surface area (Å²) in [5.41, 5.74) is -12.1. The average Bonchev–Trinajstić information content (AvgIpc) is 2.30. The van der Waals surface area contributed by atoms with Crippen LogP contribution < -0.4 is 0 Å². The van der Waals surface area contributed by atoms with Gasteiger partial charge in [0.2, 0.25) is 11.2 Å². The van der Waals surface area contributed by atoms with E-state index in [4.69, 9.17) is 0 Å². The lowest BCUT2D eigenvalue weighted by Crippen LogP contribution is -2.64. The summed E-state index contributed by atoms with van der Waals surface area (Å²) in [5.74, 6) is 0. The van der Waals surface area contributed by atoms with Gasteiger partial charge in [0.15, 0.2) is 0 Å². The molecule has 0 radical (unpaired) electrons. The Hall–Kier alpha value is -0.428. The molecule has 0 atom stereocenters. The van der Waals surface area contributed by atoms with Gasteiger partial charge in [-0.3, -0.25) is 0 Å². The minimum atomic E-state index is -6.26. The van der Waals surface area contributed by atoms with Crippen molar-refractivity contribution in [2.24, 2.45) is 0 Å². The summed E-state index contributed by atoms with van der Waals surface area (Å²) in [7, 11) is 0. The van der Waals surface area contributed by atoms with Crippen LogP contribution in [0.1, 0.15) is 34.6 Å². The molecule has 0 fully saturated rings. The summed E-state index contributed by atoms with van der Waals surface area (Å²) < 4.78 is 167. The highest BCUT2D eigenvalue weighted by atomic mass is 27.3. The molecule has 16 heteroatoms. The van der Waals surface area contributed by atoms with Crippen LogP contribution in [-0.2, 0) is 11.4 Å². The van der Waals surface area contributed by atoms with Gasteiger partial charge in [-0.15, -0.1) is 0 Å². The first kappa shape index (κ1) is 27.6. The second-order valence-electron chi connectivity index (χ2n) is 6.81. The fraction of sp³-hybridized carbons (Fsp3) is 1.00. The van der Waals surface area contributed by atoms with Gasteiger partial charge in [0.25, 0.3) is 0 Å². The van der Waals surface area contributed by atoms with Crippen LogP contribution in [0, 0.1) is 0 Å². The molecule has 0 aromatic rings. The zero-order valence-corrected chi connectivity index (χ0v) is 16.0. The Morgan fingerprint density at radius 3 is 0.786 bits per heavy atom. The van der Waals surface area contributed by atoms with Crippen molar-refractivity contribution in [2.75, 3.05) is 0 Å². The van der Waals surface area contributed by atoms with Crippen molar-refractivity contribution < 1.29 is 64.1 Å². The van der Waals surface area contributed by atoms with Crippen molar-refractivity contribution in [1.82, 2.24) is 0 Å². The van der Waals surface area contributed by atoms with E-state index in [1.54, 1.807) is 0 Å². The molecule has 0 N–H and O–H groups in total. The highest BCUT2D eigenvalue weighted by Crippen LogP contribution is 2.49. The van der Waals surface area contributed by atoms with Crippen molar-refractivity contribution in [2.45, 2.75) is 76.1 Å². The Morgan fingerprint density at radius 2 is 0.643 bits per heavy atom. The van der Waals surface area contributed by atoms with E-state index >= 15 is 0 Å². The Kier molecular flexibility index (Phi) is 7.56. The van der Waals surface area contributed by atoms with E-state index in [2.05, 4.69) is 11.4 Å². The largest absolute Gasteiger partial charge is 0.907 e. The summed E-state index contributed by atoms with van der Waals surface area (Å²) in [4.78, 5) is 0. The molecule has 168 valence electrons. The van der Waals surface area contributed by atoms with Crippen LogP contribution in [0.4, 0.5) is 52.7 Å². The van der Waals surface area contributed by atoms with Gasteiger partial charge in [-0.1, -0.05) is 0 Å². The molecule has 0 saturated carbocycles. The molecule has 0 bridgehead atoms. The number of hydrogen-bond donors (Lipinski definition) is 0. The van der Waals surface area contributed by atoms with Crippen molar-refractivity contribution in [3.63, 3.8) is 0 Å². The third-order valence-electron chi connectivity index (χ3n) is 3.28. The predicted molar refractivity (Wildman–Crippen MR) is 69.8 cm³/mol. The SMILES string of the molecule is CC(C)(C)[O][Al]([O]C(C)(C(F)(F)F)C(F)(F)F)[O]C(C)(C(F)(F)F)C(F)(F)F. The zero-order valence-electron chi connectivity index (χ0n) is 14.8. The molecule has 0 aliphatic rings. The van der Waals surface area contributed by atoms with Crippen molar-refractivity contribution in [1.29, 1.82) is 0 Å². The molecule has 0 spiro atoms. The lowest BCUT2D eigenvalue weighted by molar-refractivity contribution is -0.377. The summed E-state index contributed by atoms with van der Waals surface area (Å²) >= 11 is -5.39. The lowest BCUT2D eigenvalue weighted by Gasteiger charge is -2.40. The second-order valence-corrected chi connectivity index (χ2v) is 8.10. The maximum absolute atomic E-state index is 12.9. The number of halogens is 12. The van der Waals surface area contributed by atoms with E-state index in [0.717, 1.165) is 20.8 Å². The first-order valence-electron chi connectivity index (χ1n) is 7.09. The van der Waals surface area contributed by atoms with Gasteiger partial charge in [0.1, 0.15) is 0 Å². The molecule has 0 aliphatic heterocycles. The van der Waals surface area contributed by atoms with E-state index < -0.39 is 70.5 Å². The first-order valence-corrected chi connectivity index (χ1v) is 8.50. The Morgan fingerprint density at radius 1 is 0.429 bits per heavy atom. The molecule has 0 aromatic carbocycles. The number of alkyl halides is 12. The normalized spacial score (nSPS) is 15.8. The van der Waals surface area contributed by atoms with E-state index in [-0.39, 0.29) is 0 Å². The maximum Gasteiger partial charge on any atom is 0.907 e. The molecular weight excluding hydrogens is 447 g/mol. The van der Waals surface area contributed by atoms with E-state index in [0.29, 0.717) is 0 Å². The van der Waals surface area contributed by atoms with Gasteiger partial charge < -0.3 is 11.4 Å². The van der Waals surface area contributed by atoms with Gasteiger partial charge in [0, 0.05) is 5.60 Å². The van der Waals surface area contributed by atoms with E-state index in [9.17, 15) is 52.7 Å². The summed E-state index contributed by atoms with van der Waals surface area (Å²) in [6.45, 7) is 1.67. The number of rotatable bonds is 5. The molecule has 0 aliphatic carbocycles. The monoisotopic (exact) mass is 462 g/mol. The lowest BCUT2D eigenvalue weighted by atomic mass is 10.1. The first-order chi connectivity index (χ1) is 11.8. The van der Waals surface area contributed by atoms with Crippen molar-refractivity contribution in [3.05, 3.63) is 0 Å². The van der Waals surface area contributed by atoms with E-state index in [1.165, 1.54) is 0 Å². The summed E-state index contributed by atoms with van der Waals surface area (Å²) in [6.07, 6.45) is -25.0. The summed E-state index contributed by atoms with van der Waals surface area (Å²) in [5, 5.41) is 0. The molecule has 0 rings (SSSR count). The van der Waals surface area contributed by atoms with Gasteiger partial charge in [-0.2, -0.15) is 52.7 Å². The van der Waals surface area contributed by atoms with Crippen LogP contribution >= 0.6 is 0 Å². The van der Waals surface area contributed by atoms with Crippen LogP contribution in [0.2, 0.25) is 0 Å². The fourth-order valence-corrected chi connectivity index (χ4v) is 3.36. The van der Waals surface area contributed by atoms with Gasteiger partial charge in [-0.05, 0) is 34.6 Å². The molecular formula is C12H15AlF12O3. The highest BCUT2D eigenvalue weighted by Gasteiger charge is 2.75. The number of hydrogen-bond acceptors (Lipinski definition) is 3. The average molecular weight is 462 g/mol. The van der Waals surface area contributed by atoms with Crippen molar-refractivity contribution in [3.8, 4) is 0 Å². The van der Waals surface area contributed by atoms with Crippen molar-refractivity contribution >= 4 is 15.1 Å². The van der Waals surface area contributed by atoms with Gasteiger partial charge >= 0.3 is 39.9 Å². The molecule has 0 heterocycles. The van der Waals surface area contributed by atoms with Crippen LogP contribution in [0.5, 0.6) is 0 Å². The fourth-order valence-electron chi connectivity index (χ4n) is 1.33. The summed E-state index contributed by atoms with van der Waals surface area (Å²) in [6, 6.07) is 0. The molecule has 3 nitrogen and oxygen atoms in total. The van der Waals surface area contributed by atoms with Crippen LogP contribution in [0.3, 0.4) is 0 Å². The van der Waals surface area contributed by atoms with Crippen LogP contribution in [0.25, 0.3) is 0 Å². The van der Waals surface area contributed by atoms with Crippen LogP contribution in [0.15, 0.2) is 0 Å². The Labute approximate surface area is 156 Å². The van der Waals surface area contributed by atoms with Crippen LogP contribution in [-0.4, -0.2) is 56.7 Å². The third kappa shape index (κ3) is 6.04. The molecule has 0 aromatic heterocycles. The topological polar surface area (TPSA) is 27.7 Å². The molecule has 0 unspecified atom stereocenters. The minimum absolute atomic E-state index is 0.596. The standard InChI is InChI=1S/2C4H3F6O.C4H9O.Al/c2*1-2(11,3(5,6)7)4(8,9)10;1-4(2,3)5;/h2*1H3;1-3H3;/q3*-1;+3. The third-order valence-corrected chi connectivity index (χ3v) is 5.50. The zero-order chi connectivity index (χ0) is 23.2. The Bertz CT molecular complexity index is 460. The second kappa shape index (κ2) is 7.68. The molecule has 28 heavy (non-hydrogen) atoms. The molecule has 0 amide bonds. The Balaban J connectivity index is 6.31. The quantitative estimate of drug-likeness (QED) is 0.394. The minimum Gasteiger partial charge on any atom is -0.450 e. The highest BCUT2D eigenvalue weighted by molar-refractivity contribution is 6.37. The smallest absolute Gasteiger partial charge is 0.450 e. The predicted octanol–water partition coefficient (Wildman–Crippen LogP) is 5.59.